The van der Waals surface area contributed by atoms with Crippen molar-refractivity contribution >= 4 is 6.29 Å². The van der Waals surface area contributed by atoms with Crippen LogP contribution in [0, 0.1) is 0 Å². The number of hydrogen-bond acceptors (Lipinski definition) is 1. The van der Waals surface area contributed by atoms with Crippen molar-refractivity contribution in [3.05, 3.63) is 24.3 Å². The Kier molecular flexibility index (Phi) is 18.4. The van der Waals surface area contributed by atoms with E-state index in [4.69, 9.17) is 0 Å². The minimum Gasteiger partial charge on any atom is -0.291 e. The fourth-order valence-corrected chi connectivity index (χ4v) is 2.43. The lowest BCUT2D eigenvalue weighted by Gasteiger charge is -2.01. The van der Waals surface area contributed by atoms with Crippen molar-refractivity contribution in [3.63, 3.8) is 0 Å². The van der Waals surface area contributed by atoms with Gasteiger partial charge < -0.3 is 0 Å². The zero-order chi connectivity index (χ0) is 15.4. The molecule has 0 N–H and O–H groups in total. The van der Waals surface area contributed by atoms with Crippen molar-refractivity contribution in [1.82, 2.24) is 0 Å². The molecule has 1 nitrogen and oxygen atoms in total. The number of carbonyl (C=O) groups excluding carboxylic acids is 1. The summed E-state index contributed by atoms with van der Waals surface area (Å²) in [7, 11) is 0. The topological polar surface area (TPSA) is 17.1 Å². The first-order chi connectivity index (χ1) is 10.4. The SMILES string of the molecule is CCC=CCC=CCCCCCCCCCCCC[C]=O. The molecule has 0 rings (SSSR count). The molecule has 1 radical (unpaired) electrons. The Morgan fingerprint density at radius 1 is 0.667 bits per heavy atom. The molecule has 0 saturated heterocycles. The first-order valence-corrected chi connectivity index (χ1v) is 9.06. The summed E-state index contributed by atoms with van der Waals surface area (Å²) in [5.41, 5.74) is 0. The van der Waals surface area contributed by atoms with Crippen molar-refractivity contribution in [3.8, 4) is 0 Å². The van der Waals surface area contributed by atoms with E-state index in [0.29, 0.717) is 6.42 Å². The molecule has 0 spiro atoms. The average molecular weight is 291 g/mol. The third-order valence-electron chi connectivity index (χ3n) is 3.74. The van der Waals surface area contributed by atoms with E-state index in [-0.39, 0.29) is 0 Å². The van der Waals surface area contributed by atoms with Crippen LogP contribution in [0.2, 0.25) is 0 Å². The molecule has 121 valence electrons. The molecule has 0 saturated carbocycles. The monoisotopic (exact) mass is 291 g/mol. The standard InChI is InChI=1S/C20H35O/c1-2-3-4-5-6-7-8-9-10-11-12-13-14-15-16-17-18-19-20-21/h3-4,6-7H,2,5,8-19H2,1H3. The molecule has 0 unspecified atom stereocenters. The van der Waals surface area contributed by atoms with Crippen LogP contribution in [-0.2, 0) is 4.79 Å². The van der Waals surface area contributed by atoms with Crippen molar-refractivity contribution in [2.45, 2.75) is 96.8 Å². The number of rotatable bonds is 16. The number of unbranched alkanes of at least 4 members (excludes halogenated alkanes) is 11. The molecule has 1 heteroatoms. The lowest BCUT2D eigenvalue weighted by molar-refractivity contribution is 0.535. The minimum atomic E-state index is 0.628. The molecule has 0 aliphatic heterocycles. The molecule has 0 amide bonds. The first kappa shape index (κ1) is 20.1. The lowest BCUT2D eigenvalue weighted by Crippen LogP contribution is -1.82. The highest BCUT2D eigenvalue weighted by molar-refractivity contribution is 5.50. The van der Waals surface area contributed by atoms with Crippen molar-refractivity contribution in [1.29, 1.82) is 0 Å². The molecule has 0 aliphatic rings. The molecule has 0 heterocycles. The molecule has 0 bridgehead atoms. The average Bonchev–Trinajstić information content (AvgIpc) is 2.50. The Labute approximate surface area is 132 Å². The Morgan fingerprint density at radius 2 is 1.19 bits per heavy atom. The van der Waals surface area contributed by atoms with Crippen LogP contribution >= 0.6 is 0 Å². The van der Waals surface area contributed by atoms with Crippen LogP contribution in [-0.4, -0.2) is 6.29 Å². The van der Waals surface area contributed by atoms with Crippen LogP contribution < -0.4 is 0 Å². The van der Waals surface area contributed by atoms with Gasteiger partial charge in [0.2, 0.25) is 0 Å². The number of hydrogen-bond donors (Lipinski definition) is 0. The van der Waals surface area contributed by atoms with Gasteiger partial charge in [-0.25, -0.2) is 0 Å². The molecule has 21 heavy (non-hydrogen) atoms. The third kappa shape index (κ3) is 19.1. The van der Waals surface area contributed by atoms with E-state index >= 15 is 0 Å². The Bertz CT molecular complexity index is 253. The van der Waals surface area contributed by atoms with Gasteiger partial charge in [0, 0.05) is 6.42 Å². The highest BCUT2D eigenvalue weighted by Crippen LogP contribution is 2.11. The molecule has 0 aromatic carbocycles. The maximum Gasteiger partial charge on any atom is 0.198 e. The van der Waals surface area contributed by atoms with Gasteiger partial charge in [0.25, 0.3) is 0 Å². The van der Waals surface area contributed by atoms with E-state index in [0.717, 1.165) is 19.3 Å². The van der Waals surface area contributed by atoms with Crippen LogP contribution in [0.4, 0.5) is 0 Å². The summed E-state index contributed by atoms with van der Waals surface area (Å²) >= 11 is 0. The first-order valence-electron chi connectivity index (χ1n) is 9.06. The molecule has 0 aliphatic carbocycles. The molecular weight excluding hydrogens is 256 g/mol. The van der Waals surface area contributed by atoms with Gasteiger partial charge in [-0.3, -0.25) is 4.79 Å². The van der Waals surface area contributed by atoms with Crippen LogP contribution in [0.5, 0.6) is 0 Å². The Balaban J connectivity index is 3.05. The minimum absolute atomic E-state index is 0.628. The summed E-state index contributed by atoms with van der Waals surface area (Å²) in [4.78, 5) is 10.0. The summed E-state index contributed by atoms with van der Waals surface area (Å²) in [5.74, 6) is 0. The van der Waals surface area contributed by atoms with Crippen LogP contribution in [0.3, 0.4) is 0 Å². The third-order valence-corrected chi connectivity index (χ3v) is 3.74. The molecule has 0 fully saturated rings. The molecular formula is C20H35O. The second-order valence-electron chi connectivity index (χ2n) is 5.81. The van der Waals surface area contributed by atoms with Crippen LogP contribution in [0.1, 0.15) is 96.8 Å². The van der Waals surface area contributed by atoms with Gasteiger partial charge in [-0.1, -0.05) is 82.6 Å². The highest BCUT2D eigenvalue weighted by Gasteiger charge is 1.93. The summed E-state index contributed by atoms with van der Waals surface area (Å²) in [5, 5.41) is 0. The summed E-state index contributed by atoms with van der Waals surface area (Å²) in [6.45, 7) is 2.17. The fraction of sp³-hybridized carbons (Fsp3) is 0.750. The van der Waals surface area contributed by atoms with Gasteiger partial charge in [-0.15, -0.1) is 0 Å². The lowest BCUT2D eigenvalue weighted by atomic mass is 10.1. The van der Waals surface area contributed by atoms with Crippen LogP contribution in [0.25, 0.3) is 0 Å². The largest absolute Gasteiger partial charge is 0.291 e. The predicted octanol–water partition coefficient (Wildman–Crippen LogP) is 6.69. The van der Waals surface area contributed by atoms with Gasteiger partial charge in [-0.05, 0) is 32.1 Å². The predicted molar refractivity (Wildman–Crippen MR) is 94.3 cm³/mol. The van der Waals surface area contributed by atoms with Gasteiger partial charge in [0.15, 0.2) is 6.29 Å². The fourth-order valence-electron chi connectivity index (χ4n) is 2.43. The van der Waals surface area contributed by atoms with E-state index in [9.17, 15) is 4.79 Å². The molecule has 0 atom stereocenters. The van der Waals surface area contributed by atoms with Gasteiger partial charge in [0.05, 0.1) is 0 Å². The Morgan fingerprint density at radius 3 is 1.76 bits per heavy atom. The normalized spacial score (nSPS) is 11.7. The van der Waals surface area contributed by atoms with E-state index in [1.54, 1.807) is 0 Å². The zero-order valence-electron chi connectivity index (χ0n) is 14.1. The maximum absolute atomic E-state index is 10.0. The second kappa shape index (κ2) is 19.1. The van der Waals surface area contributed by atoms with Gasteiger partial charge in [0.1, 0.15) is 0 Å². The van der Waals surface area contributed by atoms with E-state index in [1.807, 2.05) is 6.29 Å². The van der Waals surface area contributed by atoms with Crippen molar-refractivity contribution in [2.75, 3.05) is 0 Å². The molecule has 0 aromatic heterocycles. The maximum atomic E-state index is 10.0. The molecule has 0 aromatic rings. The van der Waals surface area contributed by atoms with E-state index in [1.165, 1.54) is 64.2 Å². The van der Waals surface area contributed by atoms with E-state index in [2.05, 4.69) is 31.2 Å². The van der Waals surface area contributed by atoms with Crippen LogP contribution in [0.15, 0.2) is 24.3 Å². The van der Waals surface area contributed by atoms with Crippen molar-refractivity contribution < 1.29 is 4.79 Å². The number of allylic oxidation sites excluding steroid dienone is 4. The highest BCUT2D eigenvalue weighted by atomic mass is 16.1. The smallest absolute Gasteiger partial charge is 0.198 e. The van der Waals surface area contributed by atoms with E-state index < -0.39 is 0 Å². The van der Waals surface area contributed by atoms with Gasteiger partial charge >= 0.3 is 0 Å². The van der Waals surface area contributed by atoms with Crippen molar-refractivity contribution in [2.24, 2.45) is 0 Å². The van der Waals surface area contributed by atoms with Gasteiger partial charge in [-0.2, -0.15) is 0 Å². The quantitative estimate of drug-likeness (QED) is 0.229. The Hall–Kier alpha value is -0.850. The summed E-state index contributed by atoms with van der Waals surface area (Å²) in [6, 6.07) is 0. The summed E-state index contributed by atoms with van der Waals surface area (Å²) in [6.07, 6.45) is 28.3. The summed E-state index contributed by atoms with van der Waals surface area (Å²) < 4.78 is 0. The second-order valence-corrected chi connectivity index (χ2v) is 5.81. The zero-order valence-corrected chi connectivity index (χ0v) is 14.1.